The molecule has 0 aliphatic rings. The van der Waals surface area contributed by atoms with Gasteiger partial charge in [-0.1, -0.05) is 51.1 Å². The fourth-order valence-electron chi connectivity index (χ4n) is 1.82. The van der Waals surface area contributed by atoms with Crippen LogP contribution >= 0.6 is 0 Å². The SMILES string of the molecule is CC(C)(C)c1cc(C(=O)[O-])n(Cc2ccccc2)n1. The van der Waals surface area contributed by atoms with E-state index in [-0.39, 0.29) is 11.1 Å². The van der Waals surface area contributed by atoms with Crippen molar-refractivity contribution in [2.75, 3.05) is 0 Å². The van der Waals surface area contributed by atoms with Gasteiger partial charge in [-0.2, -0.15) is 5.10 Å². The molecule has 19 heavy (non-hydrogen) atoms. The van der Waals surface area contributed by atoms with Gasteiger partial charge in [0.25, 0.3) is 0 Å². The van der Waals surface area contributed by atoms with Gasteiger partial charge in [-0.05, 0) is 11.6 Å². The van der Waals surface area contributed by atoms with E-state index in [0.717, 1.165) is 11.3 Å². The second kappa shape index (κ2) is 4.88. The summed E-state index contributed by atoms with van der Waals surface area (Å²) in [5.41, 5.74) is 1.69. The molecule has 100 valence electrons. The van der Waals surface area contributed by atoms with E-state index >= 15 is 0 Å². The van der Waals surface area contributed by atoms with Gasteiger partial charge in [0.1, 0.15) is 0 Å². The largest absolute Gasteiger partial charge is 0.543 e. The van der Waals surface area contributed by atoms with Crippen molar-refractivity contribution in [2.45, 2.75) is 32.7 Å². The minimum Gasteiger partial charge on any atom is -0.543 e. The Balaban J connectivity index is 2.39. The number of carbonyl (C=O) groups excluding carboxylic acids is 1. The lowest BCUT2D eigenvalue weighted by molar-refractivity contribution is -0.255. The van der Waals surface area contributed by atoms with Crippen molar-refractivity contribution in [3.05, 3.63) is 53.3 Å². The second-order valence-electron chi connectivity index (χ2n) is 5.60. The molecule has 0 bridgehead atoms. The predicted octanol–water partition coefficient (Wildman–Crippen LogP) is 1.59. The summed E-state index contributed by atoms with van der Waals surface area (Å²) in [6, 6.07) is 11.2. The average molecular weight is 257 g/mol. The predicted molar refractivity (Wildman–Crippen MR) is 70.8 cm³/mol. The fourth-order valence-corrected chi connectivity index (χ4v) is 1.82. The highest BCUT2D eigenvalue weighted by atomic mass is 16.4. The standard InChI is InChI=1S/C15H18N2O2/c1-15(2,3)13-9-12(14(18)19)17(16-13)10-11-7-5-4-6-8-11/h4-9H,10H2,1-3H3,(H,18,19)/p-1. The number of aromatic carboxylic acids is 1. The summed E-state index contributed by atoms with van der Waals surface area (Å²) in [6.07, 6.45) is 0. The molecule has 0 amide bonds. The Bertz CT molecular complexity index is 580. The number of hydrogen-bond donors (Lipinski definition) is 0. The Morgan fingerprint density at radius 1 is 1.26 bits per heavy atom. The molecule has 4 heteroatoms. The molecule has 2 rings (SSSR count). The molecule has 0 fully saturated rings. The van der Waals surface area contributed by atoms with Gasteiger partial charge in [-0.3, -0.25) is 4.68 Å². The summed E-state index contributed by atoms with van der Waals surface area (Å²) in [5, 5.41) is 15.6. The maximum absolute atomic E-state index is 11.2. The first-order chi connectivity index (χ1) is 8.88. The molecule has 0 aliphatic heterocycles. The summed E-state index contributed by atoms with van der Waals surface area (Å²) in [4.78, 5) is 11.2. The minimum absolute atomic E-state index is 0.119. The number of carboxylic acids is 1. The highest BCUT2D eigenvalue weighted by Crippen LogP contribution is 2.22. The molecule has 0 saturated heterocycles. The van der Waals surface area contributed by atoms with Crippen molar-refractivity contribution in [1.29, 1.82) is 0 Å². The molecule has 0 atom stereocenters. The molecular formula is C15H17N2O2-. The van der Waals surface area contributed by atoms with Crippen LogP contribution in [0.2, 0.25) is 0 Å². The van der Waals surface area contributed by atoms with Crippen LogP contribution in [0.3, 0.4) is 0 Å². The van der Waals surface area contributed by atoms with E-state index < -0.39 is 5.97 Å². The van der Waals surface area contributed by atoms with Crippen LogP contribution < -0.4 is 5.11 Å². The molecule has 2 aromatic rings. The smallest absolute Gasteiger partial charge is 0.0897 e. The van der Waals surface area contributed by atoms with Gasteiger partial charge in [0.2, 0.25) is 0 Å². The first-order valence-corrected chi connectivity index (χ1v) is 6.21. The summed E-state index contributed by atoms with van der Waals surface area (Å²) < 4.78 is 1.49. The summed E-state index contributed by atoms with van der Waals surface area (Å²) in [7, 11) is 0. The quantitative estimate of drug-likeness (QED) is 0.839. The van der Waals surface area contributed by atoms with E-state index in [2.05, 4.69) is 5.10 Å². The van der Waals surface area contributed by atoms with Crippen LogP contribution in [-0.4, -0.2) is 15.7 Å². The van der Waals surface area contributed by atoms with E-state index in [0.29, 0.717) is 6.54 Å². The lowest BCUT2D eigenvalue weighted by Gasteiger charge is -2.14. The lowest BCUT2D eigenvalue weighted by atomic mass is 9.92. The van der Waals surface area contributed by atoms with Gasteiger partial charge < -0.3 is 9.90 Å². The number of nitrogens with zero attached hydrogens (tertiary/aromatic N) is 2. The van der Waals surface area contributed by atoms with Gasteiger partial charge in [-0.25, -0.2) is 0 Å². The Hall–Kier alpha value is -2.10. The summed E-state index contributed by atoms with van der Waals surface area (Å²) in [5.74, 6) is -1.20. The molecule has 1 aromatic heterocycles. The fraction of sp³-hybridized carbons (Fsp3) is 0.333. The zero-order valence-electron chi connectivity index (χ0n) is 11.4. The highest BCUT2D eigenvalue weighted by molar-refractivity contribution is 5.84. The molecule has 1 heterocycles. The maximum Gasteiger partial charge on any atom is 0.0897 e. The van der Waals surface area contributed by atoms with E-state index in [1.165, 1.54) is 4.68 Å². The van der Waals surface area contributed by atoms with Gasteiger partial charge >= 0.3 is 0 Å². The van der Waals surface area contributed by atoms with E-state index in [1.807, 2.05) is 51.1 Å². The molecule has 0 unspecified atom stereocenters. The van der Waals surface area contributed by atoms with Crippen molar-refractivity contribution in [1.82, 2.24) is 9.78 Å². The van der Waals surface area contributed by atoms with E-state index in [1.54, 1.807) is 6.07 Å². The van der Waals surface area contributed by atoms with Crippen molar-refractivity contribution in [3.63, 3.8) is 0 Å². The number of carboxylic acid groups (broad SMARTS) is 1. The Labute approximate surface area is 112 Å². The van der Waals surface area contributed by atoms with Crippen molar-refractivity contribution in [2.24, 2.45) is 0 Å². The molecule has 4 nitrogen and oxygen atoms in total. The Morgan fingerprint density at radius 3 is 2.42 bits per heavy atom. The van der Waals surface area contributed by atoms with Crippen molar-refractivity contribution in [3.8, 4) is 0 Å². The minimum atomic E-state index is -1.20. The molecular weight excluding hydrogens is 240 g/mol. The van der Waals surface area contributed by atoms with Crippen LogP contribution in [0.15, 0.2) is 36.4 Å². The van der Waals surface area contributed by atoms with Gasteiger partial charge in [-0.15, -0.1) is 0 Å². The average Bonchev–Trinajstić information content (AvgIpc) is 2.74. The molecule has 0 radical (unpaired) electrons. The van der Waals surface area contributed by atoms with Crippen LogP contribution in [0, 0.1) is 0 Å². The second-order valence-corrected chi connectivity index (χ2v) is 5.60. The first kappa shape index (κ1) is 13.3. The third kappa shape index (κ3) is 3.02. The molecule has 0 spiro atoms. The highest BCUT2D eigenvalue weighted by Gasteiger charge is 2.20. The third-order valence-corrected chi connectivity index (χ3v) is 2.93. The zero-order chi connectivity index (χ0) is 14.0. The molecule has 1 aromatic carbocycles. The van der Waals surface area contributed by atoms with Gasteiger partial charge in [0.05, 0.1) is 23.9 Å². The van der Waals surface area contributed by atoms with Crippen molar-refractivity contribution < 1.29 is 9.90 Å². The molecule has 0 saturated carbocycles. The first-order valence-electron chi connectivity index (χ1n) is 6.21. The van der Waals surface area contributed by atoms with Crippen LogP contribution in [-0.2, 0) is 12.0 Å². The van der Waals surface area contributed by atoms with Crippen LogP contribution in [0.1, 0.15) is 42.5 Å². The van der Waals surface area contributed by atoms with Crippen LogP contribution in [0.4, 0.5) is 0 Å². The van der Waals surface area contributed by atoms with Gasteiger partial charge in [0, 0.05) is 5.41 Å². The summed E-state index contributed by atoms with van der Waals surface area (Å²) >= 11 is 0. The van der Waals surface area contributed by atoms with Crippen LogP contribution in [0.5, 0.6) is 0 Å². The van der Waals surface area contributed by atoms with Gasteiger partial charge in [0.15, 0.2) is 0 Å². The lowest BCUT2D eigenvalue weighted by Crippen LogP contribution is -2.26. The Morgan fingerprint density at radius 2 is 1.89 bits per heavy atom. The third-order valence-electron chi connectivity index (χ3n) is 2.93. The topological polar surface area (TPSA) is 57.9 Å². The maximum atomic E-state index is 11.2. The normalized spacial score (nSPS) is 11.5. The number of rotatable bonds is 3. The zero-order valence-corrected chi connectivity index (χ0v) is 11.4. The number of carbonyl (C=O) groups is 1. The number of hydrogen-bond acceptors (Lipinski definition) is 3. The monoisotopic (exact) mass is 257 g/mol. The van der Waals surface area contributed by atoms with E-state index in [4.69, 9.17) is 0 Å². The number of benzene rings is 1. The van der Waals surface area contributed by atoms with Crippen LogP contribution in [0.25, 0.3) is 0 Å². The molecule has 0 aliphatic carbocycles. The van der Waals surface area contributed by atoms with Crippen molar-refractivity contribution >= 4 is 5.97 Å². The Kier molecular flexibility index (Phi) is 3.42. The number of aromatic nitrogens is 2. The van der Waals surface area contributed by atoms with E-state index in [9.17, 15) is 9.90 Å². The summed E-state index contributed by atoms with van der Waals surface area (Å²) in [6.45, 7) is 6.43. The molecule has 0 N–H and O–H groups in total.